The molecule has 18 heteroatoms. The largest absolute Gasteiger partial charge is 0.501 e. The van der Waals surface area contributed by atoms with Crippen LogP contribution in [0.25, 0.3) is 0 Å². The second-order valence-corrected chi connectivity index (χ2v) is 11.3. The molecule has 0 amide bonds. The van der Waals surface area contributed by atoms with E-state index in [0.717, 1.165) is 0 Å². The highest BCUT2D eigenvalue weighted by atomic mass is 32.3. The molecule has 1 aliphatic carbocycles. The van der Waals surface area contributed by atoms with Crippen LogP contribution in [-0.2, 0) is 29.5 Å². The number of rotatable bonds is 3. The van der Waals surface area contributed by atoms with Crippen LogP contribution in [0.2, 0.25) is 0 Å². The fourth-order valence-corrected chi connectivity index (χ4v) is 8.11. The van der Waals surface area contributed by atoms with Gasteiger partial charge in [-0.25, -0.2) is 25.3 Å². The highest BCUT2D eigenvalue weighted by Crippen LogP contribution is 2.53. The van der Waals surface area contributed by atoms with Crippen molar-refractivity contribution >= 4 is 29.5 Å². The van der Waals surface area contributed by atoms with Crippen LogP contribution in [0.4, 0.5) is 39.5 Å². The van der Waals surface area contributed by atoms with Gasteiger partial charge in [0.25, 0.3) is 29.5 Å². The molecule has 1 aliphatic rings. The lowest BCUT2D eigenvalue weighted by molar-refractivity contribution is -0.0496. The molecule has 0 N–H and O–H groups in total. The number of sulfone groups is 3. The van der Waals surface area contributed by atoms with Gasteiger partial charge in [-0.05, 0) is 6.08 Å². The first kappa shape index (κ1) is 23.7. The van der Waals surface area contributed by atoms with Crippen molar-refractivity contribution < 1.29 is 64.8 Å². The second kappa shape index (κ2) is 6.10. The fraction of sp³-hybridized carbons (Fsp3) is 0.556. The van der Waals surface area contributed by atoms with E-state index in [2.05, 4.69) is 0 Å². The minimum atomic E-state index is -7.70. The third-order valence-corrected chi connectivity index (χ3v) is 10.2. The van der Waals surface area contributed by atoms with Crippen LogP contribution in [0.15, 0.2) is 23.1 Å². The standard InChI is InChI=1S/C9H5F9O6S3/c10-7(11,12)25(19,20)5-3-1-2-4-6(5,26(21,22)8(13,14)15)27(23,24)9(16,17)18/h1-3H,4H2. The van der Waals surface area contributed by atoms with Crippen LogP contribution in [0.5, 0.6) is 0 Å². The molecule has 0 aliphatic heterocycles. The van der Waals surface area contributed by atoms with Crippen LogP contribution in [0, 0.1) is 0 Å². The zero-order chi connectivity index (χ0) is 21.9. The van der Waals surface area contributed by atoms with Crippen LogP contribution < -0.4 is 0 Å². The predicted octanol–water partition coefficient (Wildman–Crippen LogP) is 2.33. The molecule has 158 valence electrons. The Hall–Kier alpha value is -1.30. The van der Waals surface area contributed by atoms with Crippen LogP contribution in [-0.4, -0.2) is 45.9 Å². The first-order chi connectivity index (χ1) is 11.6. The maximum Gasteiger partial charge on any atom is 0.501 e. The lowest BCUT2D eigenvalue weighted by atomic mass is 10.2. The Labute approximate surface area is 145 Å². The van der Waals surface area contributed by atoms with E-state index in [1.165, 1.54) is 0 Å². The van der Waals surface area contributed by atoms with Gasteiger partial charge in [0.05, 0.1) is 4.91 Å². The molecule has 0 aromatic carbocycles. The van der Waals surface area contributed by atoms with E-state index in [4.69, 9.17) is 0 Å². The molecular formula is C9H5F9O6S3. The molecule has 0 unspecified atom stereocenters. The summed E-state index contributed by atoms with van der Waals surface area (Å²) in [5, 5.41) is 0. The van der Waals surface area contributed by atoms with Crippen LogP contribution in [0.3, 0.4) is 0 Å². The topological polar surface area (TPSA) is 102 Å². The van der Waals surface area contributed by atoms with Crippen LogP contribution >= 0.6 is 0 Å². The normalized spacial score (nSPS) is 19.7. The average molecular weight is 476 g/mol. The summed E-state index contributed by atoms with van der Waals surface area (Å²) in [5.41, 5.74) is -20.3. The number of allylic oxidation sites excluding steroid dienone is 3. The summed E-state index contributed by atoms with van der Waals surface area (Å²) in [6, 6.07) is 0. The number of hydrogen-bond acceptors (Lipinski definition) is 6. The fourth-order valence-electron chi connectivity index (χ4n) is 2.03. The zero-order valence-corrected chi connectivity index (χ0v) is 14.5. The zero-order valence-electron chi connectivity index (χ0n) is 12.0. The average Bonchev–Trinajstić information content (AvgIpc) is 2.43. The minimum absolute atomic E-state index is 0.0436. The maximum absolute atomic E-state index is 12.9. The van der Waals surface area contributed by atoms with E-state index in [9.17, 15) is 64.8 Å². The van der Waals surface area contributed by atoms with Crippen molar-refractivity contribution in [1.29, 1.82) is 0 Å². The van der Waals surface area contributed by atoms with Crippen molar-refractivity contribution in [2.45, 2.75) is 27.0 Å². The van der Waals surface area contributed by atoms with E-state index >= 15 is 0 Å². The minimum Gasteiger partial charge on any atom is -0.217 e. The third kappa shape index (κ3) is 3.14. The van der Waals surface area contributed by atoms with Gasteiger partial charge in [-0.1, -0.05) is 12.2 Å². The lowest BCUT2D eigenvalue weighted by Crippen LogP contribution is -2.59. The first-order valence-electron chi connectivity index (χ1n) is 5.89. The summed E-state index contributed by atoms with van der Waals surface area (Å²) in [5.74, 6) is 0. The second-order valence-electron chi connectivity index (χ2n) is 4.76. The van der Waals surface area contributed by atoms with Gasteiger partial charge < -0.3 is 0 Å². The number of alkyl halides is 9. The summed E-state index contributed by atoms with van der Waals surface area (Å²) >= 11 is 0. The molecule has 6 nitrogen and oxygen atoms in total. The van der Waals surface area contributed by atoms with Crippen molar-refractivity contribution in [1.82, 2.24) is 0 Å². The maximum atomic E-state index is 12.9. The van der Waals surface area contributed by atoms with E-state index < -0.39 is 67.5 Å². The quantitative estimate of drug-likeness (QED) is 0.580. The Balaban J connectivity index is 4.28. The van der Waals surface area contributed by atoms with E-state index in [0.29, 0.717) is 0 Å². The van der Waals surface area contributed by atoms with Crippen molar-refractivity contribution in [2.75, 3.05) is 0 Å². The molecule has 0 heterocycles. The Morgan fingerprint density at radius 2 is 1.07 bits per heavy atom. The first-order valence-corrected chi connectivity index (χ1v) is 10.3. The molecule has 0 radical (unpaired) electrons. The van der Waals surface area contributed by atoms with Gasteiger partial charge in [0, 0.05) is 6.42 Å². The van der Waals surface area contributed by atoms with Gasteiger partial charge in [0.2, 0.25) is 4.08 Å². The molecule has 0 aromatic heterocycles. The van der Waals surface area contributed by atoms with Crippen LogP contribution in [0.1, 0.15) is 6.42 Å². The SMILES string of the molecule is O=S(=O)(C1=CC=CCC1(S(=O)(=O)C(F)(F)F)S(=O)(=O)C(F)(F)F)C(F)(F)F. The Bertz CT molecular complexity index is 947. The summed E-state index contributed by atoms with van der Waals surface area (Å²) < 4.78 is 180. The summed E-state index contributed by atoms with van der Waals surface area (Å²) in [6.45, 7) is 0. The lowest BCUT2D eigenvalue weighted by Gasteiger charge is -2.35. The van der Waals surface area contributed by atoms with Gasteiger partial charge in [-0.3, -0.25) is 0 Å². The van der Waals surface area contributed by atoms with E-state index in [1.807, 2.05) is 0 Å². The van der Waals surface area contributed by atoms with Gasteiger partial charge in [0.15, 0.2) is 0 Å². The van der Waals surface area contributed by atoms with Gasteiger partial charge in [-0.15, -0.1) is 0 Å². The monoisotopic (exact) mass is 476 g/mol. The molecule has 0 saturated heterocycles. The van der Waals surface area contributed by atoms with Crippen molar-refractivity contribution in [3.8, 4) is 0 Å². The molecule has 0 atom stereocenters. The Kier molecular flexibility index (Phi) is 5.36. The molecule has 0 saturated carbocycles. The van der Waals surface area contributed by atoms with Crippen molar-refractivity contribution in [3.63, 3.8) is 0 Å². The Morgan fingerprint density at radius 3 is 1.37 bits per heavy atom. The third-order valence-electron chi connectivity index (χ3n) is 3.22. The van der Waals surface area contributed by atoms with Gasteiger partial charge >= 0.3 is 16.5 Å². The molecular weight excluding hydrogens is 471 g/mol. The Morgan fingerprint density at radius 1 is 0.704 bits per heavy atom. The van der Waals surface area contributed by atoms with Gasteiger partial charge in [0.1, 0.15) is 0 Å². The molecule has 27 heavy (non-hydrogen) atoms. The van der Waals surface area contributed by atoms with E-state index in [-0.39, 0.29) is 12.2 Å². The molecule has 0 aromatic rings. The number of hydrogen-bond donors (Lipinski definition) is 0. The molecule has 0 spiro atoms. The van der Waals surface area contributed by atoms with Crippen molar-refractivity contribution in [3.05, 3.63) is 23.1 Å². The molecule has 0 bridgehead atoms. The number of halogens is 9. The highest BCUT2D eigenvalue weighted by molar-refractivity contribution is 8.13. The predicted molar refractivity (Wildman–Crippen MR) is 69.5 cm³/mol. The smallest absolute Gasteiger partial charge is 0.217 e. The summed E-state index contributed by atoms with van der Waals surface area (Å²) in [4.78, 5) is -3.13. The van der Waals surface area contributed by atoms with Crippen molar-refractivity contribution in [2.24, 2.45) is 0 Å². The van der Waals surface area contributed by atoms with E-state index in [1.54, 1.807) is 0 Å². The highest BCUT2D eigenvalue weighted by Gasteiger charge is 2.77. The molecule has 0 fully saturated rings. The summed E-state index contributed by atoms with van der Waals surface area (Å²) in [7, 11) is -22.6. The van der Waals surface area contributed by atoms with Gasteiger partial charge in [-0.2, -0.15) is 39.5 Å². The molecule has 1 rings (SSSR count). The summed E-state index contributed by atoms with van der Waals surface area (Å²) in [6.07, 6.45) is -2.74.